The summed E-state index contributed by atoms with van der Waals surface area (Å²) in [5.41, 5.74) is 0. The Morgan fingerprint density at radius 1 is 1.32 bits per heavy atom. The Balaban J connectivity index is 2.58. The second kappa shape index (κ2) is 10.2. The lowest BCUT2D eigenvalue weighted by Gasteiger charge is -2.25. The van der Waals surface area contributed by atoms with Crippen LogP contribution in [0, 0.1) is 5.92 Å². The summed E-state index contributed by atoms with van der Waals surface area (Å²) in [6.45, 7) is 7.78. The monoisotopic (exact) mass is 365 g/mol. The number of rotatable bonds is 8. The van der Waals surface area contributed by atoms with Crippen LogP contribution in [0.2, 0.25) is 0 Å². The maximum Gasteiger partial charge on any atom is 0.401 e. The van der Waals surface area contributed by atoms with Gasteiger partial charge in [0.1, 0.15) is 0 Å². The van der Waals surface area contributed by atoms with Gasteiger partial charge >= 0.3 is 6.18 Å². The van der Waals surface area contributed by atoms with E-state index >= 15 is 0 Å². The first-order valence-corrected chi connectivity index (χ1v) is 9.11. The van der Waals surface area contributed by atoms with Crippen molar-refractivity contribution in [3.05, 3.63) is 0 Å². The van der Waals surface area contributed by atoms with Gasteiger partial charge in [-0.25, -0.2) is 0 Å². The molecular weight excluding hydrogens is 331 g/mol. The van der Waals surface area contributed by atoms with Gasteiger partial charge in [0, 0.05) is 31.7 Å². The van der Waals surface area contributed by atoms with Crippen LogP contribution in [0.4, 0.5) is 13.2 Å². The highest BCUT2D eigenvalue weighted by Gasteiger charge is 2.34. The SMILES string of the molecule is CCNC(=NCC(CC(C)C)N(C)C)NC1CCN(CC(F)(F)F)C1. The number of halogens is 3. The third-order valence-electron chi connectivity index (χ3n) is 4.29. The highest BCUT2D eigenvalue weighted by atomic mass is 19.4. The topological polar surface area (TPSA) is 42.9 Å². The lowest BCUT2D eigenvalue weighted by molar-refractivity contribution is -0.143. The van der Waals surface area contributed by atoms with E-state index in [-0.39, 0.29) is 6.04 Å². The first-order valence-electron chi connectivity index (χ1n) is 9.11. The molecule has 1 saturated heterocycles. The smallest absolute Gasteiger partial charge is 0.357 e. The van der Waals surface area contributed by atoms with Gasteiger partial charge in [-0.2, -0.15) is 13.2 Å². The summed E-state index contributed by atoms with van der Waals surface area (Å²) in [5.74, 6) is 1.28. The Bertz CT molecular complexity index is 410. The minimum absolute atomic E-state index is 0.00283. The van der Waals surface area contributed by atoms with E-state index in [1.165, 1.54) is 4.90 Å². The Kier molecular flexibility index (Phi) is 8.99. The molecule has 0 bridgehead atoms. The summed E-state index contributed by atoms with van der Waals surface area (Å²) in [6, 6.07) is 0.351. The summed E-state index contributed by atoms with van der Waals surface area (Å²) in [5, 5.41) is 6.49. The number of likely N-dealkylation sites (tertiary alicyclic amines) is 1. The third-order valence-corrected chi connectivity index (χ3v) is 4.29. The number of likely N-dealkylation sites (N-methyl/N-ethyl adjacent to an activating group) is 1. The summed E-state index contributed by atoms with van der Waals surface area (Å²) in [6.07, 6.45) is -2.38. The van der Waals surface area contributed by atoms with Gasteiger partial charge in [-0.05, 0) is 39.8 Å². The van der Waals surface area contributed by atoms with Crippen LogP contribution in [0.5, 0.6) is 0 Å². The predicted octanol–water partition coefficient (Wildman–Crippen LogP) is 2.15. The molecule has 0 spiro atoms. The molecule has 1 aliphatic heterocycles. The van der Waals surface area contributed by atoms with Crippen LogP contribution in [0.1, 0.15) is 33.6 Å². The third kappa shape index (κ3) is 9.30. The zero-order chi connectivity index (χ0) is 19.0. The van der Waals surface area contributed by atoms with Gasteiger partial charge in [0.15, 0.2) is 5.96 Å². The Hall–Kier alpha value is -1.02. The standard InChI is InChI=1S/C17H34F3N5/c1-6-21-16(22-10-15(24(4)5)9-13(2)3)23-14-7-8-25(11-14)12-17(18,19)20/h13-15H,6-12H2,1-5H3,(H2,21,22,23). The van der Waals surface area contributed by atoms with Crippen molar-refractivity contribution in [1.29, 1.82) is 0 Å². The molecule has 25 heavy (non-hydrogen) atoms. The molecule has 1 aliphatic rings. The largest absolute Gasteiger partial charge is 0.401 e. The van der Waals surface area contributed by atoms with Gasteiger partial charge in [0.25, 0.3) is 0 Å². The Morgan fingerprint density at radius 3 is 2.52 bits per heavy atom. The molecule has 1 rings (SSSR count). The zero-order valence-electron chi connectivity index (χ0n) is 16.2. The van der Waals surface area contributed by atoms with E-state index in [4.69, 9.17) is 0 Å². The molecule has 1 heterocycles. The van der Waals surface area contributed by atoms with Crippen molar-refractivity contribution in [3.63, 3.8) is 0 Å². The molecule has 0 radical (unpaired) electrons. The Morgan fingerprint density at radius 2 is 2.00 bits per heavy atom. The molecule has 5 nitrogen and oxygen atoms in total. The van der Waals surface area contributed by atoms with Gasteiger partial charge in [-0.3, -0.25) is 9.89 Å². The van der Waals surface area contributed by atoms with Gasteiger partial charge in [0.2, 0.25) is 0 Å². The average molecular weight is 365 g/mol. The maximum atomic E-state index is 12.5. The molecular formula is C17H34F3N5. The van der Waals surface area contributed by atoms with Gasteiger partial charge < -0.3 is 15.5 Å². The molecule has 0 aliphatic carbocycles. The summed E-state index contributed by atoms with van der Waals surface area (Å²) < 4.78 is 37.5. The molecule has 0 saturated carbocycles. The predicted molar refractivity (Wildman–Crippen MR) is 96.9 cm³/mol. The van der Waals surface area contributed by atoms with Crippen LogP contribution < -0.4 is 10.6 Å². The van der Waals surface area contributed by atoms with Crippen LogP contribution in [-0.2, 0) is 0 Å². The van der Waals surface area contributed by atoms with Crippen molar-refractivity contribution < 1.29 is 13.2 Å². The van der Waals surface area contributed by atoms with Crippen LogP contribution in [-0.4, -0.2) is 80.8 Å². The molecule has 148 valence electrons. The fourth-order valence-electron chi connectivity index (χ4n) is 3.05. The number of aliphatic imine (C=N–C) groups is 1. The Labute approximate surface area is 150 Å². The second-order valence-electron chi connectivity index (χ2n) is 7.45. The van der Waals surface area contributed by atoms with E-state index in [0.717, 1.165) is 13.0 Å². The lowest BCUT2D eigenvalue weighted by atomic mass is 10.0. The van der Waals surface area contributed by atoms with E-state index in [2.05, 4.69) is 48.5 Å². The minimum atomic E-state index is -4.14. The van der Waals surface area contributed by atoms with Crippen molar-refractivity contribution in [1.82, 2.24) is 20.4 Å². The highest BCUT2D eigenvalue weighted by Crippen LogP contribution is 2.20. The molecule has 1 fully saturated rings. The van der Waals surface area contributed by atoms with Crippen molar-refractivity contribution in [2.45, 2.75) is 51.9 Å². The number of nitrogens with zero attached hydrogens (tertiary/aromatic N) is 3. The number of guanidine groups is 1. The second-order valence-corrected chi connectivity index (χ2v) is 7.45. The van der Waals surface area contributed by atoms with Crippen LogP contribution >= 0.6 is 0 Å². The fourth-order valence-corrected chi connectivity index (χ4v) is 3.05. The molecule has 0 aromatic carbocycles. The van der Waals surface area contributed by atoms with E-state index in [1.54, 1.807) is 0 Å². The molecule has 2 atom stereocenters. The van der Waals surface area contributed by atoms with Gasteiger partial charge in [-0.15, -0.1) is 0 Å². The number of hydrogen-bond acceptors (Lipinski definition) is 3. The van der Waals surface area contributed by atoms with E-state index in [1.807, 2.05) is 6.92 Å². The zero-order valence-corrected chi connectivity index (χ0v) is 16.2. The fraction of sp³-hybridized carbons (Fsp3) is 0.941. The van der Waals surface area contributed by atoms with E-state index in [9.17, 15) is 13.2 Å². The van der Waals surface area contributed by atoms with Crippen LogP contribution in [0.15, 0.2) is 4.99 Å². The van der Waals surface area contributed by atoms with Gasteiger partial charge in [-0.1, -0.05) is 13.8 Å². The first kappa shape index (κ1) is 22.0. The molecule has 2 unspecified atom stereocenters. The summed E-state index contributed by atoms with van der Waals surface area (Å²) in [4.78, 5) is 8.28. The number of hydrogen-bond donors (Lipinski definition) is 2. The molecule has 8 heteroatoms. The maximum absolute atomic E-state index is 12.5. The first-order chi connectivity index (χ1) is 11.6. The van der Waals surface area contributed by atoms with Crippen LogP contribution in [0.3, 0.4) is 0 Å². The summed E-state index contributed by atoms with van der Waals surface area (Å²) >= 11 is 0. The number of nitrogens with one attached hydrogen (secondary N) is 2. The molecule has 0 aromatic heterocycles. The summed E-state index contributed by atoms with van der Waals surface area (Å²) in [7, 11) is 4.10. The van der Waals surface area contributed by atoms with E-state index in [0.29, 0.717) is 44.0 Å². The van der Waals surface area contributed by atoms with Crippen LogP contribution in [0.25, 0.3) is 0 Å². The highest BCUT2D eigenvalue weighted by molar-refractivity contribution is 5.80. The van der Waals surface area contributed by atoms with Crippen molar-refractivity contribution in [2.75, 3.05) is 46.8 Å². The van der Waals surface area contributed by atoms with E-state index < -0.39 is 12.7 Å². The number of alkyl halides is 3. The van der Waals surface area contributed by atoms with Crippen molar-refractivity contribution in [3.8, 4) is 0 Å². The normalized spacial score (nSPS) is 21.2. The molecule has 0 amide bonds. The lowest BCUT2D eigenvalue weighted by Crippen LogP contribution is -2.46. The quantitative estimate of drug-likeness (QED) is 0.511. The average Bonchev–Trinajstić information content (AvgIpc) is 2.87. The van der Waals surface area contributed by atoms with Gasteiger partial charge in [0.05, 0.1) is 13.1 Å². The van der Waals surface area contributed by atoms with Crippen molar-refractivity contribution in [2.24, 2.45) is 10.9 Å². The van der Waals surface area contributed by atoms with Crippen molar-refractivity contribution >= 4 is 5.96 Å². The molecule has 0 aromatic rings. The molecule has 2 N–H and O–H groups in total. The minimum Gasteiger partial charge on any atom is -0.357 e.